The van der Waals surface area contributed by atoms with Gasteiger partial charge in [0.05, 0.1) is 16.9 Å². The first-order chi connectivity index (χ1) is 14.3. The molecule has 11 heteroatoms. The molecule has 2 aromatic rings. The maximum absolute atomic E-state index is 14.5. The SMILES string of the molecule is O=S(=O)(Nc1ncc(Cl)s1)c1cc(Cl)c(NCCCCCC[C@@H]2CCCN2)cc1F. The molecular formula is C19H25Cl2FN4O2S2. The fraction of sp³-hybridized carbons (Fsp3) is 0.526. The number of anilines is 2. The topological polar surface area (TPSA) is 83.1 Å². The van der Waals surface area contributed by atoms with E-state index in [1.165, 1.54) is 31.9 Å². The summed E-state index contributed by atoms with van der Waals surface area (Å²) >= 11 is 12.9. The predicted molar refractivity (Wildman–Crippen MR) is 122 cm³/mol. The summed E-state index contributed by atoms with van der Waals surface area (Å²) in [5.41, 5.74) is 0.376. The molecule has 3 N–H and O–H groups in total. The summed E-state index contributed by atoms with van der Waals surface area (Å²) in [7, 11) is -4.17. The Labute approximate surface area is 190 Å². The van der Waals surface area contributed by atoms with Gasteiger partial charge in [0.15, 0.2) is 5.13 Å². The van der Waals surface area contributed by atoms with Gasteiger partial charge < -0.3 is 10.6 Å². The quantitative estimate of drug-likeness (QED) is 0.359. The van der Waals surface area contributed by atoms with E-state index in [1.807, 2.05) is 0 Å². The van der Waals surface area contributed by atoms with Gasteiger partial charge in [0.25, 0.3) is 10.0 Å². The molecule has 3 rings (SSSR count). The van der Waals surface area contributed by atoms with Gasteiger partial charge in [-0.15, -0.1) is 0 Å². The Morgan fingerprint density at radius 3 is 2.73 bits per heavy atom. The molecule has 0 bridgehead atoms. The van der Waals surface area contributed by atoms with Crippen LogP contribution >= 0.6 is 34.5 Å². The fourth-order valence-electron chi connectivity index (χ4n) is 3.44. The van der Waals surface area contributed by atoms with Crippen LogP contribution in [0.15, 0.2) is 23.2 Å². The van der Waals surface area contributed by atoms with E-state index in [-0.39, 0.29) is 10.2 Å². The molecule has 0 aliphatic carbocycles. The molecule has 166 valence electrons. The maximum atomic E-state index is 14.5. The summed E-state index contributed by atoms with van der Waals surface area (Å²) in [6.45, 7) is 1.78. The number of aromatic nitrogens is 1. The van der Waals surface area contributed by atoms with Crippen molar-refractivity contribution < 1.29 is 12.8 Å². The predicted octanol–water partition coefficient (Wildman–Crippen LogP) is 5.50. The Bertz CT molecular complexity index is 950. The van der Waals surface area contributed by atoms with Gasteiger partial charge in [0.2, 0.25) is 0 Å². The molecule has 1 saturated heterocycles. The lowest BCUT2D eigenvalue weighted by Gasteiger charge is -2.12. The lowest BCUT2D eigenvalue weighted by molar-refractivity contribution is 0.511. The number of halogens is 3. The molecular weight excluding hydrogens is 470 g/mol. The molecule has 0 unspecified atom stereocenters. The normalized spacial score (nSPS) is 16.7. The highest BCUT2D eigenvalue weighted by Gasteiger charge is 2.22. The molecule has 6 nitrogen and oxygen atoms in total. The smallest absolute Gasteiger partial charge is 0.266 e. The van der Waals surface area contributed by atoms with Crippen LogP contribution in [0.5, 0.6) is 0 Å². The van der Waals surface area contributed by atoms with E-state index in [0.29, 0.717) is 22.6 Å². The molecule has 1 aliphatic rings. The molecule has 0 saturated carbocycles. The first kappa shape index (κ1) is 23.5. The minimum Gasteiger partial charge on any atom is -0.384 e. The van der Waals surface area contributed by atoms with Crippen LogP contribution in [0, 0.1) is 5.82 Å². The van der Waals surface area contributed by atoms with Gasteiger partial charge in [0, 0.05) is 12.6 Å². The van der Waals surface area contributed by atoms with Crippen molar-refractivity contribution in [2.45, 2.75) is 55.9 Å². The highest BCUT2D eigenvalue weighted by atomic mass is 35.5. The Morgan fingerprint density at radius 2 is 2.03 bits per heavy atom. The fourth-order valence-corrected chi connectivity index (χ4v) is 5.87. The molecule has 0 amide bonds. The number of nitrogens with zero attached hydrogens (tertiary/aromatic N) is 1. The molecule has 0 spiro atoms. The minimum absolute atomic E-state index is 0.0569. The number of benzene rings is 1. The zero-order chi connectivity index (χ0) is 21.6. The molecule has 2 heterocycles. The van der Waals surface area contributed by atoms with Crippen LogP contribution in [-0.2, 0) is 10.0 Å². The van der Waals surface area contributed by atoms with Crippen LogP contribution in [0.25, 0.3) is 0 Å². The number of hydrogen-bond acceptors (Lipinski definition) is 6. The summed E-state index contributed by atoms with van der Waals surface area (Å²) in [6.07, 6.45) is 9.47. The number of sulfonamides is 1. The van der Waals surface area contributed by atoms with E-state index in [4.69, 9.17) is 23.2 Å². The first-order valence-corrected chi connectivity index (χ1v) is 13.0. The second-order valence-electron chi connectivity index (χ2n) is 7.26. The lowest BCUT2D eigenvalue weighted by atomic mass is 10.1. The van der Waals surface area contributed by atoms with Gasteiger partial charge >= 0.3 is 0 Å². The van der Waals surface area contributed by atoms with Crippen molar-refractivity contribution in [3.63, 3.8) is 0 Å². The molecule has 30 heavy (non-hydrogen) atoms. The van der Waals surface area contributed by atoms with Gasteiger partial charge in [-0.2, -0.15) is 0 Å². The second kappa shape index (κ2) is 10.9. The van der Waals surface area contributed by atoms with Crippen molar-refractivity contribution in [1.82, 2.24) is 10.3 Å². The maximum Gasteiger partial charge on any atom is 0.266 e. The van der Waals surface area contributed by atoms with Crippen molar-refractivity contribution in [2.75, 3.05) is 23.1 Å². The summed E-state index contributed by atoms with van der Waals surface area (Å²) in [5.74, 6) is -0.888. The summed E-state index contributed by atoms with van der Waals surface area (Å²) in [6, 6.07) is 2.89. The van der Waals surface area contributed by atoms with Crippen molar-refractivity contribution >= 4 is 55.4 Å². The minimum atomic E-state index is -4.17. The second-order valence-corrected chi connectivity index (χ2v) is 11.0. The van der Waals surface area contributed by atoms with Crippen molar-refractivity contribution in [2.24, 2.45) is 0 Å². The van der Waals surface area contributed by atoms with E-state index < -0.39 is 20.7 Å². The molecule has 1 atom stereocenters. The van der Waals surface area contributed by atoms with Crippen LogP contribution in [0.2, 0.25) is 9.36 Å². The highest BCUT2D eigenvalue weighted by Crippen LogP contribution is 2.30. The number of hydrogen-bond donors (Lipinski definition) is 3. The van der Waals surface area contributed by atoms with Gasteiger partial charge in [0.1, 0.15) is 15.0 Å². The summed E-state index contributed by atoms with van der Waals surface area (Å²) < 4.78 is 41.9. The van der Waals surface area contributed by atoms with E-state index >= 15 is 0 Å². The van der Waals surface area contributed by atoms with Gasteiger partial charge in [-0.05, 0) is 44.4 Å². The van der Waals surface area contributed by atoms with Gasteiger partial charge in [-0.1, -0.05) is 53.8 Å². The zero-order valence-corrected chi connectivity index (χ0v) is 19.5. The Morgan fingerprint density at radius 1 is 1.23 bits per heavy atom. The zero-order valence-electron chi connectivity index (χ0n) is 16.4. The van der Waals surface area contributed by atoms with Gasteiger partial charge in [-0.25, -0.2) is 17.8 Å². The van der Waals surface area contributed by atoms with Crippen LogP contribution in [0.1, 0.15) is 44.9 Å². The number of rotatable bonds is 11. The van der Waals surface area contributed by atoms with Crippen LogP contribution in [0.3, 0.4) is 0 Å². The monoisotopic (exact) mass is 494 g/mol. The average molecular weight is 495 g/mol. The van der Waals surface area contributed by atoms with E-state index in [2.05, 4.69) is 20.3 Å². The Kier molecular flexibility index (Phi) is 8.59. The van der Waals surface area contributed by atoms with E-state index in [9.17, 15) is 12.8 Å². The van der Waals surface area contributed by atoms with Crippen LogP contribution < -0.4 is 15.4 Å². The van der Waals surface area contributed by atoms with Crippen molar-refractivity contribution in [1.29, 1.82) is 0 Å². The van der Waals surface area contributed by atoms with Crippen LogP contribution in [-0.4, -0.2) is 32.5 Å². The molecule has 1 fully saturated rings. The first-order valence-electron chi connectivity index (χ1n) is 9.95. The highest BCUT2D eigenvalue weighted by molar-refractivity contribution is 7.93. The third-order valence-corrected chi connectivity index (χ3v) is 7.79. The summed E-state index contributed by atoms with van der Waals surface area (Å²) in [4.78, 5) is 3.28. The lowest BCUT2D eigenvalue weighted by Crippen LogP contribution is -2.20. The third-order valence-electron chi connectivity index (χ3n) is 4.97. The molecule has 1 aliphatic heterocycles. The van der Waals surface area contributed by atoms with Crippen LogP contribution in [0.4, 0.5) is 15.2 Å². The number of unbranched alkanes of at least 4 members (excludes halogenated alkanes) is 3. The Balaban J connectivity index is 1.47. The average Bonchev–Trinajstić information content (AvgIpc) is 3.34. The molecule has 0 radical (unpaired) electrons. The largest absolute Gasteiger partial charge is 0.384 e. The number of thiazole rings is 1. The standard InChI is InChI=1S/C19H25Cl2FN4O2S2/c20-14-10-17(30(27,28)26-19-25-12-18(21)29-19)15(22)11-16(14)24-8-4-2-1-3-6-13-7-5-9-23-13/h10-13,23-24H,1-9H2,(H,25,26)/t13-/m1/s1. The molecule has 1 aromatic heterocycles. The van der Waals surface area contributed by atoms with E-state index in [0.717, 1.165) is 49.3 Å². The summed E-state index contributed by atoms with van der Waals surface area (Å²) in [5, 5.41) is 6.79. The van der Waals surface area contributed by atoms with E-state index in [1.54, 1.807) is 0 Å². The number of nitrogens with one attached hydrogen (secondary N) is 3. The van der Waals surface area contributed by atoms with Crippen molar-refractivity contribution in [3.05, 3.63) is 33.5 Å². The van der Waals surface area contributed by atoms with Gasteiger partial charge in [-0.3, -0.25) is 4.72 Å². The van der Waals surface area contributed by atoms with Crippen molar-refractivity contribution in [3.8, 4) is 0 Å². The molecule has 1 aromatic carbocycles. The Hall–Kier alpha value is -1.13. The third kappa shape index (κ3) is 6.68.